The van der Waals surface area contributed by atoms with E-state index in [2.05, 4.69) is 4.98 Å². The van der Waals surface area contributed by atoms with Crippen LogP contribution >= 0.6 is 0 Å². The molecule has 0 unspecified atom stereocenters. The van der Waals surface area contributed by atoms with Crippen molar-refractivity contribution < 1.29 is 18.3 Å². The van der Waals surface area contributed by atoms with Crippen LogP contribution in [-0.2, 0) is 11.6 Å². The lowest BCUT2D eigenvalue weighted by Gasteiger charge is -2.42. The molecule has 1 aliphatic carbocycles. The topological polar surface area (TPSA) is 33.1 Å². The summed E-state index contributed by atoms with van der Waals surface area (Å²) >= 11 is 0. The lowest BCUT2D eigenvalue weighted by Crippen LogP contribution is -2.39. The minimum absolute atomic E-state index is 0.184. The summed E-state index contributed by atoms with van der Waals surface area (Å²) in [5.41, 5.74) is -1.24. The summed E-state index contributed by atoms with van der Waals surface area (Å²) in [5, 5.41) is 9.29. The van der Waals surface area contributed by atoms with Gasteiger partial charge < -0.3 is 5.11 Å². The van der Waals surface area contributed by atoms with Crippen molar-refractivity contribution in [3.05, 3.63) is 29.6 Å². The Hall–Kier alpha value is -1.10. The van der Waals surface area contributed by atoms with Gasteiger partial charge >= 0.3 is 6.18 Å². The molecule has 2 rings (SSSR count). The van der Waals surface area contributed by atoms with Crippen molar-refractivity contribution in [1.82, 2.24) is 4.98 Å². The molecule has 1 heterocycles. The van der Waals surface area contributed by atoms with Gasteiger partial charge in [-0.25, -0.2) is 0 Å². The molecule has 1 aromatic heterocycles. The molecule has 2 nitrogen and oxygen atoms in total. The molecule has 0 saturated heterocycles. The van der Waals surface area contributed by atoms with E-state index in [9.17, 15) is 18.3 Å². The average molecular weight is 231 g/mol. The largest absolute Gasteiger partial charge is 0.418 e. The molecule has 1 aromatic rings. The molecular weight excluding hydrogens is 219 g/mol. The van der Waals surface area contributed by atoms with Crippen LogP contribution in [0.15, 0.2) is 18.5 Å². The van der Waals surface area contributed by atoms with E-state index in [1.165, 1.54) is 12.3 Å². The minimum atomic E-state index is -4.40. The fraction of sp³-hybridized carbons (Fsp3) is 0.545. The number of halogens is 3. The first-order valence-corrected chi connectivity index (χ1v) is 5.12. The zero-order chi connectivity index (χ0) is 11.8. The Kier molecular flexibility index (Phi) is 2.66. The van der Waals surface area contributed by atoms with E-state index in [-0.39, 0.29) is 12.2 Å². The number of aliphatic hydroxyl groups is 1. The lowest BCUT2D eigenvalue weighted by molar-refractivity contribution is -0.139. The van der Waals surface area contributed by atoms with Gasteiger partial charge in [-0.15, -0.1) is 0 Å². The summed E-state index contributed by atoms with van der Waals surface area (Å²) in [5.74, 6) is 0. The van der Waals surface area contributed by atoms with Crippen molar-refractivity contribution in [2.75, 3.05) is 6.61 Å². The van der Waals surface area contributed by atoms with Gasteiger partial charge in [-0.05, 0) is 24.5 Å². The molecule has 0 bridgehead atoms. The molecule has 1 fully saturated rings. The Morgan fingerprint density at radius 1 is 1.38 bits per heavy atom. The molecule has 0 atom stereocenters. The van der Waals surface area contributed by atoms with Crippen LogP contribution < -0.4 is 0 Å². The smallest absolute Gasteiger partial charge is 0.395 e. The summed E-state index contributed by atoms with van der Waals surface area (Å²) in [4.78, 5) is 3.52. The molecular formula is C11H12F3NO. The van der Waals surface area contributed by atoms with Crippen molar-refractivity contribution in [2.45, 2.75) is 30.9 Å². The summed E-state index contributed by atoms with van der Waals surface area (Å²) in [7, 11) is 0. The van der Waals surface area contributed by atoms with E-state index in [0.717, 1.165) is 12.6 Å². The van der Waals surface area contributed by atoms with E-state index in [0.29, 0.717) is 12.8 Å². The van der Waals surface area contributed by atoms with E-state index in [1.807, 2.05) is 0 Å². The monoisotopic (exact) mass is 231 g/mol. The number of alkyl halides is 3. The third-order valence-corrected chi connectivity index (χ3v) is 3.31. The second-order valence-electron chi connectivity index (χ2n) is 4.21. The SMILES string of the molecule is OCC1(c2ccncc2C(F)(F)F)CCC1. The van der Waals surface area contributed by atoms with Crippen LogP contribution in [0, 0.1) is 0 Å². The van der Waals surface area contributed by atoms with Gasteiger partial charge in [-0.2, -0.15) is 13.2 Å². The number of nitrogens with zero attached hydrogens (tertiary/aromatic N) is 1. The number of rotatable bonds is 2. The molecule has 1 saturated carbocycles. The zero-order valence-corrected chi connectivity index (χ0v) is 8.59. The van der Waals surface area contributed by atoms with Gasteiger partial charge in [0.25, 0.3) is 0 Å². The normalized spacial score (nSPS) is 19.2. The summed E-state index contributed by atoms with van der Waals surface area (Å²) in [6.45, 7) is -0.236. The molecule has 0 spiro atoms. The Labute approximate surface area is 91.1 Å². The lowest BCUT2D eigenvalue weighted by atomic mass is 9.64. The molecule has 16 heavy (non-hydrogen) atoms. The number of aliphatic hydroxyl groups excluding tert-OH is 1. The molecule has 5 heteroatoms. The van der Waals surface area contributed by atoms with Gasteiger partial charge in [0.05, 0.1) is 12.2 Å². The molecule has 1 N–H and O–H groups in total. The maximum absolute atomic E-state index is 12.8. The first kappa shape index (κ1) is 11.4. The van der Waals surface area contributed by atoms with Gasteiger partial charge in [0.2, 0.25) is 0 Å². The number of aromatic nitrogens is 1. The molecule has 0 amide bonds. The highest BCUT2D eigenvalue weighted by Gasteiger charge is 2.44. The van der Waals surface area contributed by atoms with E-state index < -0.39 is 17.2 Å². The fourth-order valence-corrected chi connectivity index (χ4v) is 2.20. The van der Waals surface area contributed by atoms with Crippen molar-refractivity contribution in [3.63, 3.8) is 0 Å². The van der Waals surface area contributed by atoms with E-state index >= 15 is 0 Å². The zero-order valence-electron chi connectivity index (χ0n) is 8.59. The molecule has 1 aliphatic rings. The van der Waals surface area contributed by atoms with Crippen LogP contribution in [0.25, 0.3) is 0 Å². The van der Waals surface area contributed by atoms with Gasteiger partial charge in [0.1, 0.15) is 0 Å². The van der Waals surface area contributed by atoms with Gasteiger partial charge in [-0.1, -0.05) is 6.42 Å². The Balaban J connectivity index is 2.48. The molecule has 0 radical (unpaired) electrons. The minimum Gasteiger partial charge on any atom is -0.395 e. The Morgan fingerprint density at radius 3 is 2.50 bits per heavy atom. The first-order chi connectivity index (χ1) is 7.49. The second-order valence-corrected chi connectivity index (χ2v) is 4.21. The van der Waals surface area contributed by atoms with Crippen molar-refractivity contribution in [2.24, 2.45) is 0 Å². The average Bonchev–Trinajstić information content (AvgIpc) is 2.16. The predicted molar refractivity (Wildman–Crippen MR) is 51.9 cm³/mol. The molecule has 0 aliphatic heterocycles. The first-order valence-electron chi connectivity index (χ1n) is 5.12. The van der Waals surface area contributed by atoms with Crippen LogP contribution in [-0.4, -0.2) is 16.7 Å². The van der Waals surface area contributed by atoms with E-state index in [1.54, 1.807) is 0 Å². The third-order valence-electron chi connectivity index (χ3n) is 3.31. The summed E-state index contributed by atoms with van der Waals surface area (Å²) in [6, 6.07) is 1.37. The maximum atomic E-state index is 12.8. The maximum Gasteiger partial charge on any atom is 0.418 e. The highest BCUT2D eigenvalue weighted by molar-refractivity contribution is 5.36. The van der Waals surface area contributed by atoms with Crippen molar-refractivity contribution in [1.29, 1.82) is 0 Å². The fourth-order valence-electron chi connectivity index (χ4n) is 2.20. The van der Waals surface area contributed by atoms with Crippen molar-refractivity contribution >= 4 is 0 Å². The highest BCUT2D eigenvalue weighted by atomic mass is 19.4. The number of hydrogen-bond acceptors (Lipinski definition) is 2. The third kappa shape index (κ3) is 1.69. The Morgan fingerprint density at radius 2 is 2.06 bits per heavy atom. The highest BCUT2D eigenvalue weighted by Crippen LogP contribution is 2.47. The molecule has 0 aromatic carbocycles. The standard InChI is InChI=1S/C11H12F3NO/c12-11(13,14)9-6-15-5-2-8(9)10(7-16)3-1-4-10/h2,5-6,16H,1,3-4,7H2. The summed E-state index contributed by atoms with van der Waals surface area (Å²) in [6.07, 6.45) is -0.139. The van der Waals surface area contributed by atoms with Crippen LogP contribution in [0.4, 0.5) is 13.2 Å². The summed E-state index contributed by atoms with van der Waals surface area (Å²) < 4.78 is 38.3. The quantitative estimate of drug-likeness (QED) is 0.848. The van der Waals surface area contributed by atoms with Crippen LogP contribution in [0.2, 0.25) is 0 Å². The van der Waals surface area contributed by atoms with Crippen LogP contribution in [0.3, 0.4) is 0 Å². The number of pyridine rings is 1. The predicted octanol–water partition coefficient (Wildman–Crippen LogP) is 2.51. The van der Waals surface area contributed by atoms with Crippen molar-refractivity contribution in [3.8, 4) is 0 Å². The Bertz CT molecular complexity index is 380. The van der Waals surface area contributed by atoms with Crippen LogP contribution in [0.1, 0.15) is 30.4 Å². The van der Waals surface area contributed by atoms with Gasteiger partial charge in [-0.3, -0.25) is 4.98 Å². The van der Waals surface area contributed by atoms with Gasteiger partial charge in [0, 0.05) is 17.8 Å². The van der Waals surface area contributed by atoms with Gasteiger partial charge in [0.15, 0.2) is 0 Å². The number of hydrogen-bond donors (Lipinski definition) is 1. The molecule has 88 valence electrons. The van der Waals surface area contributed by atoms with E-state index in [4.69, 9.17) is 0 Å². The second kappa shape index (κ2) is 3.73. The van der Waals surface area contributed by atoms with Crippen LogP contribution in [0.5, 0.6) is 0 Å².